The lowest BCUT2D eigenvalue weighted by Crippen LogP contribution is -2.14. The first kappa shape index (κ1) is 43.3. The fourth-order valence-corrected chi connectivity index (χ4v) is 12.6. The Balaban J connectivity index is 1.41. The number of nitriles is 2. The summed E-state index contributed by atoms with van der Waals surface area (Å²) in [5, 5.41) is 22.8. The van der Waals surface area contributed by atoms with Gasteiger partial charge < -0.3 is 9.47 Å². The number of unbranched alkanes of at least 4 members (excludes halogenated alkanes) is 10. The second-order valence-corrected chi connectivity index (χ2v) is 19.2. The average Bonchev–Trinajstić information content (AvgIpc) is 4.01. The number of thiophene rings is 4. The number of rotatable bonds is 21. The van der Waals surface area contributed by atoms with E-state index in [2.05, 4.69) is 100 Å². The maximum atomic E-state index is 13.7. The minimum atomic E-state index is -1.09. The Hall–Kier alpha value is -4.32. The van der Waals surface area contributed by atoms with Crippen molar-refractivity contribution >= 4 is 77.5 Å². The molecule has 6 rings (SSSR count). The minimum absolute atomic E-state index is 0.291. The molecule has 0 N–H and O–H groups in total. The van der Waals surface area contributed by atoms with Crippen LogP contribution in [-0.2, 0) is 19.1 Å². The van der Waals surface area contributed by atoms with Crippen LogP contribution < -0.4 is 0 Å². The molecule has 0 spiro atoms. The molecule has 0 amide bonds. The molecule has 0 aliphatic rings. The smallest absolute Gasteiger partial charge is 0.328 e. The van der Waals surface area contributed by atoms with Gasteiger partial charge in [-0.2, -0.15) is 10.5 Å². The molecule has 4 heterocycles. The highest BCUT2D eigenvalue weighted by Crippen LogP contribution is 2.55. The fourth-order valence-electron chi connectivity index (χ4n) is 7.07. The van der Waals surface area contributed by atoms with Crippen LogP contribution in [0.15, 0.2) is 60.7 Å². The number of hydrogen-bond donors (Lipinski definition) is 0. The van der Waals surface area contributed by atoms with Gasteiger partial charge in [-0.15, -0.1) is 45.3 Å². The summed E-state index contributed by atoms with van der Waals surface area (Å²) in [5.74, 6) is -3.23. The first-order valence-corrected chi connectivity index (χ1v) is 23.9. The molecule has 0 saturated heterocycles. The lowest BCUT2D eigenvalue weighted by atomic mass is 10.1. The van der Waals surface area contributed by atoms with Gasteiger partial charge in [0.05, 0.1) is 44.5 Å². The third-order valence-corrected chi connectivity index (χ3v) is 15.8. The van der Waals surface area contributed by atoms with E-state index in [4.69, 9.17) is 9.47 Å². The molecule has 2 atom stereocenters. The van der Waals surface area contributed by atoms with E-state index in [1.165, 1.54) is 61.2 Å². The molecule has 0 fully saturated rings. The van der Waals surface area contributed by atoms with Gasteiger partial charge in [0, 0.05) is 30.3 Å². The van der Waals surface area contributed by atoms with Crippen LogP contribution in [0.4, 0.5) is 0 Å². The van der Waals surface area contributed by atoms with E-state index in [9.17, 15) is 20.1 Å². The summed E-state index contributed by atoms with van der Waals surface area (Å²) in [4.78, 5) is 32.6. The van der Waals surface area contributed by atoms with Crippen LogP contribution in [0.2, 0.25) is 0 Å². The van der Waals surface area contributed by atoms with Crippen molar-refractivity contribution in [2.24, 2.45) is 0 Å². The Morgan fingerprint density at radius 1 is 0.552 bits per heavy atom. The first-order valence-electron chi connectivity index (χ1n) is 20.7. The normalized spacial score (nSPS) is 12.4. The van der Waals surface area contributed by atoms with Crippen LogP contribution in [0, 0.1) is 36.5 Å². The molecule has 6 aromatic rings. The highest BCUT2D eigenvalue weighted by atomic mass is 32.1. The number of carbonyl (C=O) groups is 2. The van der Waals surface area contributed by atoms with Crippen molar-refractivity contribution in [3.05, 3.63) is 81.5 Å². The summed E-state index contributed by atoms with van der Waals surface area (Å²) in [7, 11) is 0. The van der Waals surface area contributed by atoms with Gasteiger partial charge in [0.1, 0.15) is 0 Å². The number of carbonyl (C=O) groups excluding carboxylic acids is 2. The van der Waals surface area contributed by atoms with E-state index >= 15 is 0 Å². The number of fused-ring (bicyclic) bond motifs is 2. The van der Waals surface area contributed by atoms with Gasteiger partial charge in [0.25, 0.3) is 0 Å². The van der Waals surface area contributed by atoms with Crippen molar-refractivity contribution in [1.29, 1.82) is 10.5 Å². The maximum Gasteiger partial charge on any atom is 0.328 e. The molecule has 58 heavy (non-hydrogen) atoms. The standard InChI is InChI=1S/C48H52N2O4S4/c1-5-7-9-11-13-15-25-53-47(51)37(29-49)41-35-27-39(33-21-17-31(3)18-22-33)55-43(35)45(57-41)46-44-36(28-40(56-44)34-23-19-32(4)20-24-34)42(58-46)38(30-50)48(52)54-26-16-14-12-10-8-6-2/h17-24,27-28,37-38H,5-16,25-26H2,1-4H3. The molecule has 0 bridgehead atoms. The molecule has 302 valence electrons. The summed E-state index contributed by atoms with van der Waals surface area (Å²) in [5.41, 5.74) is 4.43. The van der Waals surface area contributed by atoms with Crippen LogP contribution in [0.1, 0.15) is 124 Å². The lowest BCUT2D eigenvalue weighted by Gasteiger charge is -2.09. The van der Waals surface area contributed by atoms with E-state index in [1.54, 1.807) is 22.7 Å². The van der Waals surface area contributed by atoms with Gasteiger partial charge in [-0.1, -0.05) is 138 Å². The number of benzene rings is 2. The average molecular weight is 849 g/mol. The summed E-state index contributed by atoms with van der Waals surface area (Å²) in [6.45, 7) is 9.08. The Kier molecular flexibility index (Phi) is 15.7. The molecule has 2 unspecified atom stereocenters. The van der Waals surface area contributed by atoms with Crippen molar-refractivity contribution in [3.63, 3.8) is 0 Å². The number of hydrogen-bond acceptors (Lipinski definition) is 10. The molecule has 2 aromatic carbocycles. The van der Waals surface area contributed by atoms with E-state index in [1.807, 2.05) is 0 Å². The zero-order valence-corrected chi connectivity index (χ0v) is 37.3. The molecular formula is C48H52N2O4S4. The van der Waals surface area contributed by atoms with Crippen molar-refractivity contribution < 1.29 is 19.1 Å². The molecule has 4 aromatic heterocycles. The van der Waals surface area contributed by atoms with Crippen LogP contribution in [-0.4, -0.2) is 25.2 Å². The van der Waals surface area contributed by atoms with Crippen molar-refractivity contribution in [2.45, 2.75) is 117 Å². The van der Waals surface area contributed by atoms with Crippen LogP contribution >= 0.6 is 45.3 Å². The van der Waals surface area contributed by atoms with Crippen molar-refractivity contribution in [2.75, 3.05) is 13.2 Å². The van der Waals surface area contributed by atoms with E-state index in [-0.39, 0.29) is 0 Å². The summed E-state index contributed by atoms with van der Waals surface area (Å²) in [6, 6.07) is 25.5. The predicted molar refractivity (Wildman–Crippen MR) is 244 cm³/mol. The second kappa shape index (κ2) is 21.1. The first-order chi connectivity index (χ1) is 28.3. The van der Waals surface area contributed by atoms with Crippen LogP contribution in [0.25, 0.3) is 50.8 Å². The number of aryl methyl sites for hydroxylation is 2. The molecule has 0 aliphatic carbocycles. The Morgan fingerprint density at radius 3 is 1.28 bits per heavy atom. The Morgan fingerprint density at radius 2 is 0.914 bits per heavy atom. The Labute approximate surface area is 359 Å². The van der Waals surface area contributed by atoms with Gasteiger partial charge in [-0.05, 0) is 49.9 Å². The highest BCUT2D eigenvalue weighted by molar-refractivity contribution is 7.33. The number of esters is 2. The molecule has 0 saturated carbocycles. The zero-order valence-electron chi connectivity index (χ0n) is 34.0. The van der Waals surface area contributed by atoms with E-state index in [0.29, 0.717) is 23.0 Å². The minimum Gasteiger partial charge on any atom is -0.464 e. The predicted octanol–water partition coefficient (Wildman–Crippen LogP) is 14.9. The molecule has 0 aliphatic heterocycles. The van der Waals surface area contributed by atoms with Crippen molar-refractivity contribution in [1.82, 2.24) is 0 Å². The van der Waals surface area contributed by atoms with Crippen molar-refractivity contribution in [3.8, 4) is 42.8 Å². The number of nitrogens with zero attached hydrogens (tertiary/aromatic N) is 2. The van der Waals surface area contributed by atoms with E-state index < -0.39 is 23.8 Å². The van der Waals surface area contributed by atoms with Gasteiger partial charge in [-0.25, -0.2) is 0 Å². The summed E-state index contributed by atoms with van der Waals surface area (Å²) >= 11 is 6.16. The van der Waals surface area contributed by atoms with Gasteiger partial charge in [0.15, 0.2) is 11.8 Å². The third-order valence-electron chi connectivity index (χ3n) is 10.4. The quantitative estimate of drug-likeness (QED) is 0.0528. The fraction of sp³-hybridized carbons (Fsp3) is 0.417. The topological polar surface area (TPSA) is 100 Å². The van der Waals surface area contributed by atoms with Crippen LogP contribution in [0.3, 0.4) is 0 Å². The van der Waals surface area contributed by atoms with Gasteiger partial charge >= 0.3 is 11.9 Å². The second-order valence-electron chi connectivity index (χ2n) is 15.0. The van der Waals surface area contributed by atoms with Gasteiger partial charge in [0.2, 0.25) is 0 Å². The SMILES string of the molecule is CCCCCCCCOC(=O)C(C#N)c1sc(-c2sc(C(C#N)C(=O)OCCCCCCCC)c3cc(-c4ccc(C)cc4)sc23)c2sc(-c3ccc(C)cc3)cc12. The maximum absolute atomic E-state index is 13.7. The molecular weight excluding hydrogens is 797 g/mol. The molecule has 10 heteroatoms. The summed E-state index contributed by atoms with van der Waals surface area (Å²) < 4.78 is 13.5. The van der Waals surface area contributed by atoms with Crippen LogP contribution in [0.5, 0.6) is 0 Å². The summed E-state index contributed by atoms with van der Waals surface area (Å²) in [6.07, 6.45) is 12.8. The van der Waals surface area contributed by atoms with Gasteiger partial charge in [-0.3, -0.25) is 9.59 Å². The zero-order chi connectivity index (χ0) is 41.0. The Bertz CT molecular complexity index is 2220. The monoisotopic (exact) mass is 848 g/mol. The highest BCUT2D eigenvalue weighted by Gasteiger charge is 2.33. The molecule has 6 nitrogen and oxygen atoms in total. The largest absolute Gasteiger partial charge is 0.464 e. The molecule has 0 radical (unpaired) electrons. The lowest BCUT2D eigenvalue weighted by molar-refractivity contribution is -0.145. The number of ether oxygens (including phenoxy) is 2. The third kappa shape index (κ3) is 10.3. The van der Waals surface area contributed by atoms with E-state index in [0.717, 1.165) is 100 Å².